The van der Waals surface area contributed by atoms with Crippen LogP contribution in [0.2, 0.25) is 18.1 Å². The monoisotopic (exact) mass is 318 g/mol. The number of anilines is 1. The van der Waals surface area contributed by atoms with Gasteiger partial charge >= 0.3 is 0 Å². The van der Waals surface area contributed by atoms with E-state index in [0.29, 0.717) is 5.92 Å². The number of pyridine rings is 1. The molecule has 0 radical (unpaired) electrons. The fourth-order valence-corrected chi connectivity index (χ4v) is 4.03. The fourth-order valence-electron chi connectivity index (χ4n) is 2.75. The van der Waals surface area contributed by atoms with Crippen molar-refractivity contribution in [2.75, 3.05) is 5.73 Å². The normalized spacial score (nSPS) is 23.3. The minimum atomic E-state index is -1.75. The maximum atomic E-state index is 6.61. The molecule has 1 aliphatic carbocycles. The van der Waals surface area contributed by atoms with Crippen molar-refractivity contribution >= 4 is 19.6 Å². The Bertz CT molecular complexity index is 560. The van der Waals surface area contributed by atoms with Gasteiger partial charge in [-0.3, -0.25) is 4.98 Å². The number of allylic oxidation sites excluding steroid dienone is 1. The molecule has 0 spiro atoms. The van der Waals surface area contributed by atoms with E-state index >= 15 is 0 Å². The third kappa shape index (κ3) is 3.79. The largest absolute Gasteiger partial charge is 0.559 e. The van der Waals surface area contributed by atoms with Crippen molar-refractivity contribution in [1.82, 2.24) is 4.98 Å². The Morgan fingerprint density at radius 2 is 2.00 bits per heavy atom. The number of nitrogen functional groups attached to an aromatic ring is 1. The van der Waals surface area contributed by atoms with E-state index in [9.17, 15) is 0 Å². The summed E-state index contributed by atoms with van der Waals surface area (Å²) in [5.74, 6) is 0.613. The molecule has 0 amide bonds. The highest BCUT2D eigenvalue weighted by molar-refractivity contribution is 6.74. The summed E-state index contributed by atoms with van der Waals surface area (Å²) in [5, 5.41) is 0.234. The summed E-state index contributed by atoms with van der Waals surface area (Å²) in [6.45, 7) is 13.8. The van der Waals surface area contributed by atoms with Gasteiger partial charge in [-0.25, -0.2) is 0 Å². The average molecular weight is 319 g/mol. The Morgan fingerprint density at radius 1 is 1.32 bits per heavy atom. The van der Waals surface area contributed by atoms with Gasteiger partial charge < -0.3 is 10.2 Å². The molecule has 2 atom stereocenters. The van der Waals surface area contributed by atoms with Gasteiger partial charge in [0.05, 0.1) is 11.9 Å². The van der Waals surface area contributed by atoms with Crippen molar-refractivity contribution in [3.63, 3.8) is 0 Å². The molecule has 22 heavy (non-hydrogen) atoms. The lowest BCUT2D eigenvalue weighted by molar-refractivity contribution is 0.190. The van der Waals surface area contributed by atoms with E-state index in [1.165, 1.54) is 5.57 Å². The highest BCUT2D eigenvalue weighted by Gasteiger charge is 2.29. The van der Waals surface area contributed by atoms with Gasteiger partial charge in [-0.1, -0.05) is 33.8 Å². The van der Waals surface area contributed by atoms with Crippen LogP contribution in [0.4, 0.5) is 5.69 Å². The van der Waals surface area contributed by atoms with Crippen molar-refractivity contribution in [2.24, 2.45) is 5.92 Å². The molecule has 0 fully saturated rings. The lowest BCUT2D eigenvalue weighted by atomic mass is 9.85. The standard InChI is InChI=1S/C18H30N2OSi/c1-13-9-14(16-7-8-20-12-17(16)19)11-15(10-13)21-22(5,6)18(2,3)4/h7-8,11-13,15H,9-10,19H2,1-6H3/q-1/t13-,15-/m0/s1. The molecule has 0 bridgehead atoms. The number of rotatable bonds is 3. The number of hydrogen-bond acceptors (Lipinski definition) is 3. The molecule has 1 aliphatic rings. The molecule has 2 N–H and O–H groups in total. The van der Waals surface area contributed by atoms with Gasteiger partial charge in [0.25, 0.3) is 0 Å². The van der Waals surface area contributed by atoms with E-state index in [2.05, 4.69) is 51.8 Å². The Hall–Kier alpha value is -1.13. The lowest BCUT2D eigenvalue weighted by Gasteiger charge is -2.51. The first-order valence-electron chi connectivity index (χ1n) is 8.18. The fraction of sp³-hybridized carbons (Fsp3) is 0.611. The second-order valence-corrected chi connectivity index (χ2v) is 12.9. The van der Waals surface area contributed by atoms with Crippen LogP contribution in [0.1, 0.15) is 46.1 Å². The third-order valence-corrected chi connectivity index (χ3v) is 9.54. The summed E-state index contributed by atoms with van der Waals surface area (Å²) in [5.41, 5.74) is 9.29. The number of nitrogens with two attached hydrogens (primary N) is 1. The highest BCUT2D eigenvalue weighted by atomic mass is 28.4. The zero-order valence-electron chi connectivity index (χ0n) is 14.8. The molecule has 0 aliphatic heterocycles. The Kier molecular flexibility index (Phi) is 4.83. The lowest BCUT2D eigenvalue weighted by Crippen LogP contribution is -2.44. The van der Waals surface area contributed by atoms with E-state index in [1.807, 2.05) is 12.3 Å². The van der Waals surface area contributed by atoms with E-state index in [-0.39, 0.29) is 11.1 Å². The van der Waals surface area contributed by atoms with Gasteiger partial charge in [-0.2, -0.15) is 0 Å². The quantitative estimate of drug-likeness (QED) is 0.809. The predicted molar refractivity (Wildman–Crippen MR) is 97.1 cm³/mol. The number of nitrogens with zero attached hydrogens (tertiary/aromatic N) is 1. The van der Waals surface area contributed by atoms with Crippen LogP contribution < -0.4 is 5.73 Å². The van der Waals surface area contributed by atoms with Crippen molar-refractivity contribution in [3.8, 4) is 0 Å². The van der Waals surface area contributed by atoms with Gasteiger partial charge in [-0.15, -0.1) is 18.1 Å². The van der Waals surface area contributed by atoms with Gasteiger partial charge in [0.1, 0.15) is 0 Å². The molecule has 2 rings (SSSR count). The van der Waals surface area contributed by atoms with Crippen molar-refractivity contribution in [1.29, 1.82) is 0 Å². The van der Waals surface area contributed by atoms with Gasteiger partial charge in [0.15, 0.2) is 0 Å². The second kappa shape index (κ2) is 6.17. The predicted octanol–water partition coefficient (Wildman–Crippen LogP) is 4.87. The molecule has 3 nitrogen and oxygen atoms in total. The molecule has 0 unspecified atom stereocenters. The Labute approximate surface area is 136 Å². The summed E-state index contributed by atoms with van der Waals surface area (Å²) >= 11 is 0. The van der Waals surface area contributed by atoms with Crippen LogP contribution in [0.3, 0.4) is 0 Å². The summed E-state index contributed by atoms with van der Waals surface area (Å²) in [7, 11) is -1.75. The molecule has 0 aromatic carbocycles. The van der Waals surface area contributed by atoms with Gasteiger partial charge in [-0.05, 0) is 38.7 Å². The highest BCUT2D eigenvalue weighted by Crippen LogP contribution is 2.40. The first-order chi connectivity index (χ1) is 10.1. The molecule has 1 heterocycles. The third-order valence-electron chi connectivity index (χ3n) is 5.04. The molecule has 1 aromatic heterocycles. The first-order valence-corrected chi connectivity index (χ1v) is 11.1. The van der Waals surface area contributed by atoms with Crippen LogP contribution in [-0.4, -0.2) is 19.4 Å². The van der Waals surface area contributed by atoms with Gasteiger partial charge in [0.2, 0.25) is 0 Å². The van der Waals surface area contributed by atoms with Gasteiger partial charge in [0, 0.05) is 17.9 Å². The molecule has 0 saturated heterocycles. The van der Waals surface area contributed by atoms with Crippen LogP contribution in [-0.2, 0) is 4.43 Å². The molecule has 4 heteroatoms. The SMILES string of the molecule is C[C@H]1CC(c2ccncc2N)=C[C@@H](O[Si-](C)(C)C(C)(C)C)C1. The Balaban J connectivity index is 2.27. The van der Waals surface area contributed by atoms with Crippen LogP contribution in [0.25, 0.3) is 5.57 Å². The molecular formula is C18H30N2OSi-. The van der Waals surface area contributed by atoms with E-state index in [0.717, 1.165) is 24.1 Å². The van der Waals surface area contributed by atoms with E-state index in [1.54, 1.807) is 6.20 Å². The summed E-state index contributed by atoms with van der Waals surface area (Å²) in [4.78, 5) is 4.09. The first kappa shape index (κ1) is 17.2. The molecule has 0 saturated carbocycles. The smallest absolute Gasteiger partial charge is 0.0576 e. The summed E-state index contributed by atoms with van der Waals surface area (Å²) in [6.07, 6.45) is 8.21. The zero-order chi connectivity index (χ0) is 16.5. The second-order valence-electron chi connectivity index (χ2n) is 8.12. The van der Waals surface area contributed by atoms with Crippen molar-refractivity contribution < 1.29 is 4.43 Å². The molecular weight excluding hydrogens is 288 g/mol. The minimum Gasteiger partial charge on any atom is -0.559 e. The number of aromatic nitrogens is 1. The maximum absolute atomic E-state index is 6.61. The van der Waals surface area contributed by atoms with E-state index < -0.39 is 8.32 Å². The summed E-state index contributed by atoms with van der Waals surface area (Å²) < 4.78 is 6.61. The maximum Gasteiger partial charge on any atom is 0.0576 e. The minimum absolute atomic E-state index is 0.201. The zero-order valence-corrected chi connectivity index (χ0v) is 15.8. The molecule has 1 aromatic rings. The van der Waals surface area contributed by atoms with Crippen molar-refractivity contribution in [2.45, 2.75) is 64.8 Å². The van der Waals surface area contributed by atoms with E-state index in [4.69, 9.17) is 10.2 Å². The van der Waals surface area contributed by atoms with Crippen LogP contribution in [0.5, 0.6) is 0 Å². The van der Waals surface area contributed by atoms with Crippen LogP contribution in [0.15, 0.2) is 24.5 Å². The van der Waals surface area contributed by atoms with Crippen molar-refractivity contribution in [3.05, 3.63) is 30.1 Å². The average Bonchev–Trinajstić information content (AvgIpc) is 2.36. The topological polar surface area (TPSA) is 48.1 Å². The molecule has 123 valence electrons. The van der Waals surface area contributed by atoms with Crippen LogP contribution in [0, 0.1) is 5.92 Å². The van der Waals surface area contributed by atoms with Crippen LogP contribution >= 0.6 is 0 Å². The Morgan fingerprint density at radius 3 is 2.59 bits per heavy atom. The number of hydrogen-bond donors (Lipinski definition) is 1. The summed E-state index contributed by atoms with van der Waals surface area (Å²) in [6, 6.07) is 2.02.